The molecule has 0 aliphatic carbocycles. The first kappa shape index (κ1) is 14.0. The number of carboxylic acids is 1. The number of hydrogen-bond donors (Lipinski definition) is 2. The number of carboxylic acid groups (broad SMARTS) is 1. The van der Waals surface area contributed by atoms with Gasteiger partial charge in [0.2, 0.25) is 0 Å². The van der Waals surface area contributed by atoms with Gasteiger partial charge in [-0.2, -0.15) is 0 Å². The zero-order valence-electron chi connectivity index (χ0n) is 11.3. The van der Waals surface area contributed by atoms with Crippen LogP contribution in [-0.4, -0.2) is 37.4 Å². The molecule has 2 rings (SSSR count). The molecule has 20 heavy (non-hydrogen) atoms. The Morgan fingerprint density at radius 1 is 1.35 bits per heavy atom. The van der Waals surface area contributed by atoms with Crippen molar-refractivity contribution in [3.63, 3.8) is 0 Å². The standard InChI is InChI=1S/C13H16N4O3/c1-3-8(2)9(13(19)20)16-12(18)10-11-15-5-7-17(11)6-4-14-10/h4-9H,3H2,1-2H3,(H,16,18)(H,19,20)/t8-,9-/m0/s1. The number of nitrogens with zero attached hydrogens (tertiary/aromatic N) is 3. The van der Waals surface area contributed by atoms with Crippen LogP contribution in [-0.2, 0) is 4.79 Å². The zero-order valence-corrected chi connectivity index (χ0v) is 11.3. The van der Waals surface area contributed by atoms with Crippen LogP contribution in [0.5, 0.6) is 0 Å². The maximum Gasteiger partial charge on any atom is 0.326 e. The van der Waals surface area contributed by atoms with Crippen molar-refractivity contribution in [2.75, 3.05) is 0 Å². The third-order valence-electron chi connectivity index (χ3n) is 3.29. The molecule has 2 aromatic rings. The molecule has 0 aliphatic rings. The lowest BCUT2D eigenvalue weighted by Crippen LogP contribution is -2.45. The summed E-state index contributed by atoms with van der Waals surface area (Å²) in [5, 5.41) is 11.7. The fraction of sp³-hybridized carbons (Fsp3) is 0.385. The minimum atomic E-state index is -1.05. The number of rotatable bonds is 5. The monoisotopic (exact) mass is 276 g/mol. The Bertz CT molecular complexity index is 637. The number of fused-ring (bicyclic) bond motifs is 1. The van der Waals surface area contributed by atoms with E-state index in [1.807, 2.05) is 6.92 Å². The van der Waals surface area contributed by atoms with Gasteiger partial charge < -0.3 is 14.8 Å². The summed E-state index contributed by atoms with van der Waals surface area (Å²) < 4.78 is 1.65. The van der Waals surface area contributed by atoms with Crippen LogP contribution in [0.15, 0.2) is 24.8 Å². The smallest absolute Gasteiger partial charge is 0.326 e. The van der Waals surface area contributed by atoms with Gasteiger partial charge >= 0.3 is 5.97 Å². The lowest BCUT2D eigenvalue weighted by molar-refractivity contribution is -0.140. The van der Waals surface area contributed by atoms with Gasteiger partial charge in [-0.25, -0.2) is 14.8 Å². The summed E-state index contributed by atoms with van der Waals surface area (Å²) in [5.41, 5.74) is 0.519. The third-order valence-corrected chi connectivity index (χ3v) is 3.29. The van der Waals surface area contributed by atoms with Crippen LogP contribution in [0, 0.1) is 5.92 Å². The van der Waals surface area contributed by atoms with Gasteiger partial charge in [-0.3, -0.25) is 4.79 Å². The molecule has 0 saturated heterocycles. The SMILES string of the molecule is CC[C@H](C)[C@H](NC(=O)c1nccn2ccnc12)C(=O)O. The number of carbonyl (C=O) groups excluding carboxylic acids is 1. The molecule has 1 amide bonds. The molecule has 2 atom stereocenters. The van der Waals surface area contributed by atoms with E-state index in [9.17, 15) is 14.7 Å². The van der Waals surface area contributed by atoms with Crippen LogP contribution in [0.25, 0.3) is 5.65 Å². The molecule has 0 bridgehead atoms. The van der Waals surface area contributed by atoms with Crippen LogP contribution in [0.2, 0.25) is 0 Å². The van der Waals surface area contributed by atoms with Gasteiger partial charge in [0.1, 0.15) is 6.04 Å². The Kier molecular flexibility index (Phi) is 3.97. The van der Waals surface area contributed by atoms with Gasteiger partial charge in [0.25, 0.3) is 5.91 Å². The maximum atomic E-state index is 12.2. The Morgan fingerprint density at radius 3 is 2.60 bits per heavy atom. The van der Waals surface area contributed by atoms with Gasteiger partial charge in [0.15, 0.2) is 11.3 Å². The highest BCUT2D eigenvalue weighted by molar-refractivity contribution is 5.99. The highest BCUT2D eigenvalue weighted by atomic mass is 16.4. The first-order valence-corrected chi connectivity index (χ1v) is 6.36. The predicted octanol–water partition coefficient (Wildman–Crippen LogP) is 0.958. The Labute approximate surface area is 115 Å². The van der Waals surface area contributed by atoms with Gasteiger partial charge in [-0.1, -0.05) is 20.3 Å². The second-order valence-corrected chi connectivity index (χ2v) is 4.61. The molecule has 0 unspecified atom stereocenters. The second kappa shape index (κ2) is 5.68. The molecule has 7 heteroatoms. The topological polar surface area (TPSA) is 96.6 Å². The van der Waals surface area contributed by atoms with E-state index in [1.54, 1.807) is 29.9 Å². The van der Waals surface area contributed by atoms with Crippen molar-refractivity contribution in [3.05, 3.63) is 30.5 Å². The van der Waals surface area contributed by atoms with E-state index in [1.165, 1.54) is 6.20 Å². The lowest BCUT2D eigenvalue weighted by atomic mass is 9.99. The quantitative estimate of drug-likeness (QED) is 0.847. The first-order valence-electron chi connectivity index (χ1n) is 6.36. The molecular weight excluding hydrogens is 260 g/mol. The summed E-state index contributed by atoms with van der Waals surface area (Å²) in [7, 11) is 0. The van der Waals surface area contributed by atoms with Crippen molar-refractivity contribution in [3.8, 4) is 0 Å². The fourth-order valence-corrected chi connectivity index (χ4v) is 1.91. The van der Waals surface area contributed by atoms with E-state index in [4.69, 9.17) is 0 Å². The summed E-state index contributed by atoms with van der Waals surface area (Å²) in [4.78, 5) is 31.5. The van der Waals surface area contributed by atoms with Gasteiger partial charge in [0, 0.05) is 24.8 Å². The fourth-order valence-electron chi connectivity index (χ4n) is 1.91. The van der Waals surface area contributed by atoms with Crippen molar-refractivity contribution in [2.45, 2.75) is 26.3 Å². The summed E-state index contributed by atoms with van der Waals surface area (Å²) in [6.45, 7) is 3.66. The van der Waals surface area contributed by atoms with Gasteiger partial charge in [0.05, 0.1) is 0 Å². The third kappa shape index (κ3) is 2.61. The van der Waals surface area contributed by atoms with Crippen LogP contribution in [0.4, 0.5) is 0 Å². The maximum absolute atomic E-state index is 12.2. The molecule has 0 radical (unpaired) electrons. The van der Waals surface area contributed by atoms with Crippen LogP contribution < -0.4 is 5.32 Å². The van der Waals surface area contributed by atoms with Crippen molar-refractivity contribution >= 4 is 17.5 Å². The highest BCUT2D eigenvalue weighted by Gasteiger charge is 2.27. The van der Waals surface area contributed by atoms with Crippen LogP contribution in [0.1, 0.15) is 30.8 Å². The Hall–Kier alpha value is -2.44. The second-order valence-electron chi connectivity index (χ2n) is 4.61. The summed E-state index contributed by atoms with van der Waals surface area (Å²) >= 11 is 0. The van der Waals surface area contributed by atoms with Crippen molar-refractivity contribution in [1.82, 2.24) is 19.7 Å². The molecule has 0 aromatic carbocycles. The van der Waals surface area contributed by atoms with Crippen molar-refractivity contribution in [1.29, 1.82) is 0 Å². The highest BCUT2D eigenvalue weighted by Crippen LogP contribution is 2.10. The summed E-state index contributed by atoms with van der Waals surface area (Å²) in [5.74, 6) is -1.76. The van der Waals surface area contributed by atoms with Gasteiger partial charge in [-0.15, -0.1) is 0 Å². The van der Waals surface area contributed by atoms with Crippen molar-refractivity contribution < 1.29 is 14.7 Å². The molecule has 2 N–H and O–H groups in total. The molecule has 2 aromatic heterocycles. The van der Waals surface area contributed by atoms with E-state index >= 15 is 0 Å². The molecule has 0 saturated carbocycles. The molecule has 7 nitrogen and oxygen atoms in total. The Morgan fingerprint density at radius 2 is 2.00 bits per heavy atom. The number of nitrogens with one attached hydrogen (secondary N) is 1. The van der Waals surface area contributed by atoms with E-state index in [0.29, 0.717) is 12.1 Å². The summed E-state index contributed by atoms with van der Waals surface area (Å²) in [6.07, 6.45) is 7.04. The molecular formula is C13H16N4O3. The average molecular weight is 276 g/mol. The normalized spacial score (nSPS) is 13.9. The van der Waals surface area contributed by atoms with Gasteiger partial charge in [-0.05, 0) is 5.92 Å². The number of hydrogen-bond acceptors (Lipinski definition) is 4. The van der Waals surface area contributed by atoms with E-state index in [-0.39, 0.29) is 11.6 Å². The number of aliphatic carboxylic acids is 1. The number of imidazole rings is 1. The zero-order chi connectivity index (χ0) is 14.7. The number of amides is 1. The molecule has 0 spiro atoms. The molecule has 0 fully saturated rings. The number of carbonyl (C=O) groups is 2. The van der Waals surface area contributed by atoms with Crippen molar-refractivity contribution in [2.24, 2.45) is 5.92 Å². The predicted molar refractivity (Wildman–Crippen MR) is 71.3 cm³/mol. The number of aromatic nitrogens is 3. The summed E-state index contributed by atoms with van der Waals surface area (Å²) in [6, 6.07) is -0.940. The largest absolute Gasteiger partial charge is 0.480 e. The minimum Gasteiger partial charge on any atom is -0.480 e. The lowest BCUT2D eigenvalue weighted by Gasteiger charge is -2.19. The first-order chi connectivity index (χ1) is 9.54. The van der Waals surface area contributed by atoms with E-state index < -0.39 is 17.9 Å². The van der Waals surface area contributed by atoms with E-state index in [0.717, 1.165) is 0 Å². The molecule has 0 aliphatic heterocycles. The molecule has 106 valence electrons. The Balaban J connectivity index is 2.27. The van der Waals surface area contributed by atoms with Crippen LogP contribution in [0.3, 0.4) is 0 Å². The van der Waals surface area contributed by atoms with Crippen LogP contribution >= 0.6 is 0 Å². The minimum absolute atomic E-state index is 0.118. The molecule has 2 heterocycles. The van der Waals surface area contributed by atoms with E-state index in [2.05, 4.69) is 15.3 Å². The average Bonchev–Trinajstić information content (AvgIpc) is 2.91.